The molecule has 2 aromatic carbocycles. The lowest BCUT2D eigenvalue weighted by Crippen LogP contribution is -2.47. The van der Waals surface area contributed by atoms with Crippen molar-refractivity contribution in [3.8, 4) is 5.75 Å². The molecule has 25 heavy (non-hydrogen) atoms. The molecule has 0 unspecified atom stereocenters. The van der Waals surface area contributed by atoms with Gasteiger partial charge in [0.15, 0.2) is 0 Å². The number of carbonyl (C=O) groups is 1. The molecule has 0 radical (unpaired) electrons. The highest BCUT2D eigenvalue weighted by molar-refractivity contribution is 7.92. The van der Waals surface area contributed by atoms with E-state index in [9.17, 15) is 13.2 Å². The normalized spacial score (nSPS) is 12.3. The number of methoxy groups -OCH3 is 1. The van der Waals surface area contributed by atoms with Crippen molar-refractivity contribution in [2.75, 3.05) is 23.0 Å². The smallest absolute Gasteiger partial charge is 0.248 e. The second-order valence-corrected chi connectivity index (χ2v) is 7.37. The van der Waals surface area contributed by atoms with Crippen LogP contribution in [0.4, 0.5) is 11.4 Å². The lowest BCUT2D eigenvalue weighted by atomic mass is 10.1. The van der Waals surface area contributed by atoms with Crippen molar-refractivity contribution in [2.24, 2.45) is 0 Å². The Bertz CT molecular complexity index is 822. The lowest BCUT2D eigenvalue weighted by molar-refractivity contribution is -0.117. The molecule has 0 fully saturated rings. The van der Waals surface area contributed by atoms with E-state index in [1.54, 1.807) is 61.5 Å². The highest BCUT2D eigenvalue weighted by Crippen LogP contribution is 2.26. The molecule has 134 valence electrons. The van der Waals surface area contributed by atoms with Crippen molar-refractivity contribution in [3.05, 3.63) is 54.6 Å². The number of ether oxygens (including phenoxy) is 1. The summed E-state index contributed by atoms with van der Waals surface area (Å²) in [6.45, 7) is 1.77. The first-order valence-electron chi connectivity index (χ1n) is 7.86. The summed E-state index contributed by atoms with van der Waals surface area (Å²) in [5.41, 5.74) is 0.946. The Balaban J connectivity index is 2.36. The molecule has 0 aliphatic carbocycles. The van der Waals surface area contributed by atoms with Gasteiger partial charge in [-0.15, -0.1) is 0 Å². The zero-order valence-corrected chi connectivity index (χ0v) is 15.3. The van der Waals surface area contributed by atoms with E-state index in [1.165, 1.54) is 7.11 Å². The van der Waals surface area contributed by atoms with Crippen molar-refractivity contribution >= 4 is 27.3 Å². The zero-order valence-electron chi connectivity index (χ0n) is 14.5. The summed E-state index contributed by atoms with van der Waals surface area (Å²) < 4.78 is 31.0. The van der Waals surface area contributed by atoms with Crippen LogP contribution in [0.25, 0.3) is 0 Å². The number of carbonyl (C=O) groups excluding carboxylic acids is 1. The van der Waals surface area contributed by atoms with Crippen molar-refractivity contribution in [1.29, 1.82) is 0 Å². The highest BCUT2D eigenvalue weighted by atomic mass is 32.2. The Morgan fingerprint density at radius 1 is 1.12 bits per heavy atom. The van der Waals surface area contributed by atoms with E-state index in [4.69, 9.17) is 4.74 Å². The van der Waals surface area contributed by atoms with Gasteiger partial charge >= 0.3 is 0 Å². The van der Waals surface area contributed by atoms with Gasteiger partial charge in [0.2, 0.25) is 15.9 Å². The van der Waals surface area contributed by atoms with E-state index in [-0.39, 0.29) is 0 Å². The average Bonchev–Trinajstić information content (AvgIpc) is 2.59. The Kier molecular flexibility index (Phi) is 6.03. The summed E-state index contributed by atoms with van der Waals surface area (Å²) in [5.74, 6) is 0.0950. The molecule has 1 amide bonds. The van der Waals surface area contributed by atoms with Gasteiger partial charge < -0.3 is 10.1 Å². The Morgan fingerprint density at radius 2 is 1.72 bits per heavy atom. The van der Waals surface area contributed by atoms with Gasteiger partial charge in [-0.05, 0) is 30.7 Å². The highest BCUT2D eigenvalue weighted by Gasteiger charge is 2.31. The fraction of sp³-hybridized carbons (Fsp3) is 0.278. The predicted octanol–water partition coefficient (Wildman–Crippen LogP) is 2.88. The maximum absolute atomic E-state index is 12.8. The van der Waals surface area contributed by atoms with Gasteiger partial charge in [-0.25, -0.2) is 8.42 Å². The van der Waals surface area contributed by atoms with Crippen LogP contribution in [0.15, 0.2) is 54.6 Å². The van der Waals surface area contributed by atoms with E-state index in [0.717, 1.165) is 10.6 Å². The molecule has 0 aliphatic heterocycles. The first-order valence-corrected chi connectivity index (χ1v) is 9.71. The summed E-state index contributed by atoms with van der Waals surface area (Å²) in [6, 6.07) is 14.7. The molecule has 0 saturated carbocycles. The molecule has 0 spiro atoms. The summed E-state index contributed by atoms with van der Waals surface area (Å²) >= 11 is 0. The monoisotopic (exact) mass is 362 g/mol. The number of nitrogens with one attached hydrogen (secondary N) is 1. The number of rotatable bonds is 7. The van der Waals surface area contributed by atoms with Crippen LogP contribution in [-0.2, 0) is 14.8 Å². The van der Waals surface area contributed by atoms with Gasteiger partial charge in [0.25, 0.3) is 0 Å². The summed E-state index contributed by atoms with van der Waals surface area (Å²) in [7, 11) is -2.13. The number of amides is 1. The fourth-order valence-corrected chi connectivity index (χ4v) is 3.81. The van der Waals surface area contributed by atoms with E-state index in [2.05, 4.69) is 5.32 Å². The van der Waals surface area contributed by atoms with E-state index >= 15 is 0 Å². The fourth-order valence-electron chi connectivity index (χ4n) is 2.60. The lowest BCUT2D eigenvalue weighted by Gasteiger charge is -2.30. The SMILES string of the molecule is CC[C@H](C(=O)Nc1ccccc1OC)N(c1ccccc1)S(C)(=O)=O. The number of sulfonamides is 1. The molecule has 0 aromatic heterocycles. The third kappa shape index (κ3) is 4.51. The molecule has 0 saturated heterocycles. The number of hydrogen-bond acceptors (Lipinski definition) is 4. The third-order valence-electron chi connectivity index (χ3n) is 3.71. The predicted molar refractivity (Wildman–Crippen MR) is 99.5 cm³/mol. The van der Waals surface area contributed by atoms with Crippen LogP contribution in [0.2, 0.25) is 0 Å². The summed E-state index contributed by atoms with van der Waals surface area (Å²) in [5, 5.41) is 2.76. The second-order valence-electron chi connectivity index (χ2n) is 5.51. The summed E-state index contributed by atoms with van der Waals surface area (Å²) in [4.78, 5) is 12.8. The van der Waals surface area contributed by atoms with Crippen LogP contribution in [-0.4, -0.2) is 33.7 Å². The maximum Gasteiger partial charge on any atom is 0.248 e. The second kappa shape index (κ2) is 8.02. The first kappa shape index (κ1) is 18.8. The molecule has 1 N–H and O–H groups in total. The van der Waals surface area contributed by atoms with Gasteiger partial charge in [-0.1, -0.05) is 37.3 Å². The maximum atomic E-state index is 12.8. The Morgan fingerprint density at radius 3 is 2.28 bits per heavy atom. The van der Waals surface area contributed by atoms with Gasteiger partial charge in [-0.2, -0.15) is 0 Å². The van der Waals surface area contributed by atoms with Crippen molar-refractivity contribution < 1.29 is 17.9 Å². The van der Waals surface area contributed by atoms with Crippen molar-refractivity contribution in [3.63, 3.8) is 0 Å². The minimum atomic E-state index is -3.64. The minimum Gasteiger partial charge on any atom is -0.495 e. The molecule has 0 bridgehead atoms. The Hall–Kier alpha value is -2.54. The molecule has 0 heterocycles. The van der Waals surface area contributed by atoms with Gasteiger partial charge in [-0.3, -0.25) is 9.10 Å². The molecule has 7 heteroatoms. The zero-order chi connectivity index (χ0) is 18.4. The summed E-state index contributed by atoms with van der Waals surface area (Å²) in [6.07, 6.45) is 1.42. The van der Waals surface area contributed by atoms with Crippen molar-refractivity contribution in [1.82, 2.24) is 0 Å². The minimum absolute atomic E-state index is 0.322. The Labute approximate surface area is 148 Å². The van der Waals surface area contributed by atoms with Crippen LogP contribution >= 0.6 is 0 Å². The molecule has 2 rings (SSSR count). The third-order valence-corrected chi connectivity index (χ3v) is 4.89. The van der Waals surface area contributed by atoms with Gasteiger partial charge in [0, 0.05) is 0 Å². The van der Waals surface area contributed by atoms with E-state index in [1.807, 2.05) is 0 Å². The van der Waals surface area contributed by atoms with Crippen LogP contribution in [0.5, 0.6) is 5.75 Å². The largest absolute Gasteiger partial charge is 0.495 e. The van der Waals surface area contributed by atoms with Crippen LogP contribution in [0.3, 0.4) is 0 Å². The van der Waals surface area contributed by atoms with E-state index in [0.29, 0.717) is 23.5 Å². The molecule has 0 aliphatic rings. The molecular weight excluding hydrogens is 340 g/mol. The number of para-hydroxylation sites is 3. The number of hydrogen-bond donors (Lipinski definition) is 1. The number of anilines is 2. The number of nitrogens with zero attached hydrogens (tertiary/aromatic N) is 1. The standard InChI is InChI=1S/C18H22N2O4S/c1-4-16(18(21)19-15-12-8-9-13-17(15)24-2)20(25(3,22)23)14-10-6-5-7-11-14/h5-13,16H,4H2,1-3H3,(H,19,21)/t16-/m1/s1. The van der Waals surface area contributed by atoms with E-state index < -0.39 is 22.0 Å². The molecule has 2 aromatic rings. The van der Waals surface area contributed by atoms with Crippen molar-refractivity contribution in [2.45, 2.75) is 19.4 Å². The average molecular weight is 362 g/mol. The van der Waals surface area contributed by atoms with Crippen LogP contribution in [0.1, 0.15) is 13.3 Å². The van der Waals surface area contributed by atoms with Gasteiger partial charge in [0.1, 0.15) is 11.8 Å². The molecule has 6 nitrogen and oxygen atoms in total. The number of benzene rings is 2. The molecule has 1 atom stereocenters. The van der Waals surface area contributed by atoms with Crippen LogP contribution in [0, 0.1) is 0 Å². The molecular formula is C18H22N2O4S. The quantitative estimate of drug-likeness (QED) is 0.822. The van der Waals surface area contributed by atoms with Crippen LogP contribution < -0.4 is 14.4 Å². The topological polar surface area (TPSA) is 75.7 Å². The van der Waals surface area contributed by atoms with Gasteiger partial charge in [0.05, 0.1) is 24.7 Å². The first-order chi connectivity index (χ1) is 11.9.